The number of nitrogens with one attached hydrogen (secondary N) is 1. The molecule has 2 saturated heterocycles. The van der Waals surface area contributed by atoms with E-state index < -0.39 is 33.3 Å². The summed E-state index contributed by atoms with van der Waals surface area (Å²) >= 11 is 0. The number of nitrogens with zero attached hydrogens (tertiary/aromatic N) is 1. The van der Waals surface area contributed by atoms with Crippen LogP contribution in [-0.2, 0) is 36.1 Å². The highest BCUT2D eigenvalue weighted by molar-refractivity contribution is 7.91. The lowest BCUT2D eigenvalue weighted by Gasteiger charge is -2.41. The Balaban J connectivity index is 1.35. The molecule has 1 aliphatic carbocycles. The molecule has 0 spiro atoms. The third-order valence-corrected chi connectivity index (χ3v) is 10.8. The van der Waals surface area contributed by atoms with E-state index in [1.165, 1.54) is 6.07 Å². The van der Waals surface area contributed by atoms with E-state index in [2.05, 4.69) is 19.2 Å². The average molecular weight is 623 g/mol. The number of amides is 1. The molecule has 1 saturated carbocycles. The highest BCUT2D eigenvalue weighted by Gasteiger charge is 2.48. The molecular weight excluding hydrogens is 581 g/mol. The first-order valence-electron chi connectivity index (χ1n) is 15.2. The maximum Gasteiger partial charge on any atom is 0.416 e. The average Bonchev–Trinajstić information content (AvgIpc) is 3.59. The summed E-state index contributed by atoms with van der Waals surface area (Å²) in [5, 5.41) is 3.58. The van der Waals surface area contributed by atoms with Crippen LogP contribution in [0.25, 0.3) is 0 Å². The molecule has 11 heteroatoms. The number of benzene rings is 2. The van der Waals surface area contributed by atoms with Crippen LogP contribution in [0.5, 0.6) is 0 Å². The second-order valence-electron chi connectivity index (χ2n) is 12.5. The Morgan fingerprint density at radius 3 is 2.42 bits per heavy atom. The standard InChI is InChI=1S/C32H41F3N2O5S/c1-22(2)20-36-27-11-12-29(24(17-27)21-43(39,40)28-9-4-3-5-10-28)37-14-13-23(30(37)38)19-31(41-15-16-42-31)25-7-6-8-26(18-25)32(33,34)35/h3-10,18,22-24,27,29,36H,11-17,19-21H2,1-2H3/t23?,24-,27+,29-/m0/s1. The topological polar surface area (TPSA) is 84.9 Å². The number of rotatable bonds is 10. The van der Waals surface area contributed by atoms with E-state index in [1.807, 2.05) is 4.90 Å². The normalized spacial score (nSPS) is 26.4. The Bertz CT molecular complexity index is 1360. The van der Waals surface area contributed by atoms with E-state index in [1.54, 1.807) is 36.4 Å². The second kappa shape index (κ2) is 12.9. The summed E-state index contributed by atoms with van der Waals surface area (Å²) in [5.41, 5.74) is -0.553. The molecule has 2 aromatic carbocycles. The maximum absolute atomic E-state index is 13.9. The first kappa shape index (κ1) is 31.9. The molecule has 2 aromatic rings. The zero-order chi connectivity index (χ0) is 30.8. The van der Waals surface area contributed by atoms with Crippen molar-refractivity contribution in [3.05, 3.63) is 65.7 Å². The van der Waals surface area contributed by atoms with Gasteiger partial charge in [0.2, 0.25) is 5.91 Å². The van der Waals surface area contributed by atoms with Crippen LogP contribution in [0, 0.1) is 17.8 Å². The van der Waals surface area contributed by atoms with Gasteiger partial charge in [-0.25, -0.2) is 8.42 Å². The van der Waals surface area contributed by atoms with E-state index in [0.717, 1.165) is 25.1 Å². The number of carbonyl (C=O) groups is 1. The lowest BCUT2D eigenvalue weighted by Crippen LogP contribution is -2.51. The zero-order valence-electron chi connectivity index (χ0n) is 24.7. The number of sulfone groups is 1. The van der Waals surface area contributed by atoms with Crippen LogP contribution in [0.3, 0.4) is 0 Å². The molecule has 1 unspecified atom stereocenters. The number of alkyl halides is 3. The minimum Gasteiger partial charge on any atom is -0.343 e. The summed E-state index contributed by atoms with van der Waals surface area (Å²) in [5.74, 6) is -1.94. The van der Waals surface area contributed by atoms with Gasteiger partial charge in [-0.15, -0.1) is 0 Å². The third-order valence-electron chi connectivity index (χ3n) is 8.94. The van der Waals surface area contributed by atoms with E-state index in [0.29, 0.717) is 31.7 Å². The number of halogens is 3. The van der Waals surface area contributed by atoms with Crippen molar-refractivity contribution in [2.75, 3.05) is 32.1 Å². The van der Waals surface area contributed by atoms with Gasteiger partial charge in [0.25, 0.3) is 0 Å². The Labute approximate surface area is 252 Å². The molecular formula is C32H41F3N2O5S. The van der Waals surface area contributed by atoms with Crippen molar-refractivity contribution >= 4 is 15.7 Å². The van der Waals surface area contributed by atoms with Crippen molar-refractivity contribution in [1.82, 2.24) is 10.2 Å². The van der Waals surface area contributed by atoms with E-state index in [4.69, 9.17) is 9.47 Å². The van der Waals surface area contributed by atoms with Crippen molar-refractivity contribution in [2.45, 2.75) is 74.9 Å². The molecule has 2 aliphatic heterocycles. The van der Waals surface area contributed by atoms with Gasteiger partial charge < -0.3 is 19.7 Å². The number of ether oxygens (including phenoxy) is 2. The van der Waals surface area contributed by atoms with Crippen molar-refractivity contribution in [1.29, 1.82) is 0 Å². The van der Waals surface area contributed by atoms with E-state index in [-0.39, 0.29) is 59.8 Å². The summed E-state index contributed by atoms with van der Waals surface area (Å²) in [6.07, 6.45) is -1.78. The minimum atomic E-state index is -4.52. The fourth-order valence-corrected chi connectivity index (χ4v) is 8.51. The van der Waals surface area contributed by atoms with Gasteiger partial charge in [0.15, 0.2) is 15.6 Å². The van der Waals surface area contributed by atoms with Gasteiger partial charge in [-0.2, -0.15) is 13.2 Å². The molecule has 0 aromatic heterocycles. The van der Waals surface area contributed by atoms with E-state index >= 15 is 0 Å². The Kier molecular flexibility index (Phi) is 9.56. The van der Waals surface area contributed by atoms with Gasteiger partial charge in [0.1, 0.15) is 0 Å². The van der Waals surface area contributed by atoms with Crippen LogP contribution in [0.4, 0.5) is 13.2 Å². The fraction of sp³-hybridized carbons (Fsp3) is 0.594. The van der Waals surface area contributed by atoms with Crippen LogP contribution < -0.4 is 5.32 Å². The largest absolute Gasteiger partial charge is 0.416 e. The first-order chi connectivity index (χ1) is 20.4. The number of carbonyl (C=O) groups excluding carboxylic acids is 1. The number of hydrogen-bond donors (Lipinski definition) is 1. The fourth-order valence-electron chi connectivity index (χ4n) is 6.83. The van der Waals surface area contributed by atoms with Gasteiger partial charge in [-0.05, 0) is 68.3 Å². The maximum atomic E-state index is 13.9. The SMILES string of the molecule is CC(C)CN[C@@H]1CC[C@H](N2CCC(CC3(c4cccc(C(F)(F)F)c4)OCCO3)C2=O)[C@H](CS(=O)(=O)c2ccccc2)C1. The van der Waals surface area contributed by atoms with Crippen molar-refractivity contribution in [3.63, 3.8) is 0 Å². The first-order valence-corrected chi connectivity index (χ1v) is 16.8. The molecule has 5 rings (SSSR count). The highest BCUT2D eigenvalue weighted by atomic mass is 32.2. The van der Waals surface area contributed by atoms with Crippen LogP contribution in [0.15, 0.2) is 59.5 Å². The van der Waals surface area contributed by atoms with Gasteiger partial charge in [0, 0.05) is 36.5 Å². The van der Waals surface area contributed by atoms with Crippen LogP contribution in [0.1, 0.15) is 57.1 Å². The predicted molar refractivity (Wildman–Crippen MR) is 156 cm³/mol. The summed E-state index contributed by atoms with van der Waals surface area (Å²) in [6.45, 7) is 5.97. The number of hydrogen-bond acceptors (Lipinski definition) is 6. The summed E-state index contributed by atoms with van der Waals surface area (Å²) in [7, 11) is -3.59. The zero-order valence-corrected chi connectivity index (χ0v) is 25.5. The predicted octanol–water partition coefficient (Wildman–Crippen LogP) is 5.40. The van der Waals surface area contributed by atoms with Crippen molar-refractivity contribution in [2.24, 2.45) is 17.8 Å². The molecule has 1 amide bonds. The molecule has 2 heterocycles. The van der Waals surface area contributed by atoms with Gasteiger partial charge >= 0.3 is 6.18 Å². The lowest BCUT2D eigenvalue weighted by molar-refractivity contribution is -0.182. The van der Waals surface area contributed by atoms with Crippen molar-refractivity contribution in [3.8, 4) is 0 Å². The smallest absolute Gasteiger partial charge is 0.343 e. The van der Waals surface area contributed by atoms with Crippen LogP contribution in [-0.4, -0.2) is 63.4 Å². The summed E-state index contributed by atoms with van der Waals surface area (Å²) < 4.78 is 79.3. The quantitative estimate of drug-likeness (QED) is 0.382. The Hall–Kier alpha value is -2.47. The van der Waals surface area contributed by atoms with Crippen LogP contribution in [0.2, 0.25) is 0 Å². The molecule has 3 aliphatic rings. The van der Waals surface area contributed by atoms with E-state index in [9.17, 15) is 26.4 Å². The summed E-state index contributed by atoms with van der Waals surface area (Å²) in [4.78, 5) is 16.0. The Morgan fingerprint density at radius 2 is 1.74 bits per heavy atom. The molecule has 43 heavy (non-hydrogen) atoms. The Morgan fingerprint density at radius 1 is 1.02 bits per heavy atom. The molecule has 4 atom stereocenters. The third kappa shape index (κ3) is 7.27. The van der Waals surface area contributed by atoms with Crippen LogP contribution >= 0.6 is 0 Å². The molecule has 3 fully saturated rings. The molecule has 1 N–H and O–H groups in total. The molecule has 7 nitrogen and oxygen atoms in total. The minimum absolute atomic E-state index is 0.0591. The van der Waals surface area contributed by atoms with Gasteiger partial charge in [-0.3, -0.25) is 4.79 Å². The van der Waals surface area contributed by atoms with Crippen molar-refractivity contribution < 1.29 is 35.9 Å². The van der Waals surface area contributed by atoms with Gasteiger partial charge in [0.05, 0.1) is 29.4 Å². The summed E-state index contributed by atoms with van der Waals surface area (Å²) in [6, 6.07) is 13.2. The molecule has 0 bridgehead atoms. The lowest BCUT2D eigenvalue weighted by atomic mass is 9.81. The van der Waals surface area contributed by atoms with Gasteiger partial charge in [-0.1, -0.05) is 44.2 Å². The number of likely N-dealkylation sites (tertiary alicyclic amines) is 1. The highest BCUT2D eigenvalue weighted by Crippen LogP contribution is 2.43. The monoisotopic (exact) mass is 622 g/mol. The molecule has 0 radical (unpaired) electrons. The molecule has 236 valence electrons. The second-order valence-corrected chi connectivity index (χ2v) is 14.5.